The monoisotopic (exact) mass is 319 g/mol. The van der Waals surface area contributed by atoms with Crippen molar-refractivity contribution in [2.45, 2.75) is 19.8 Å². The largest absolute Gasteiger partial charge is 0.459 e. The second-order valence-corrected chi connectivity index (χ2v) is 6.61. The minimum Gasteiger partial charge on any atom is -0.459 e. The number of likely N-dealkylation sites (tertiary alicyclic amines) is 1. The van der Waals surface area contributed by atoms with Gasteiger partial charge in [-0.15, -0.1) is 0 Å². The lowest BCUT2D eigenvalue weighted by molar-refractivity contribution is -0.134. The molecule has 0 N–H and O–H groups in total. The van der Waals surface area contributed by atoms with Crippen LogP contribution in [0.1, 0.15) is 30.3 Å². The van der Waals surface area contributed by atoms with Gasteiger partial charge in [0.25, 0.3) is 5.91 Å². The van der Waals surface area contributed by atoms with E-state index in [0.717, 1.165) is 19.0 Å². The van der Waals surface area contributed by atoms with Gasteiger partial charge in [0.15, 0.2) is 5.76 Å². The van der Waals surface area contributed by atoms with E-state index in [-0.39, 0.29) is 11.8 Å². The van der Waals surface area contributed by atoms with Crippen LogP contribution in [0.5, 0.6) is 0 Å². The summed E-state index contributed by atoms with van der Waals surface area (Å²) < 4.78 is 5.15. The topological polar surface area (TPSA) is 57.0 Å². The molecule has 2 aliphatic heterocycles. The van der Waals surface area contributed by atoms with Gasteiger partial charge in [-0.3, -0.25) is 14.5 Å². The molecule has 1 aromatic heterocycles. The van der Waals surface area contributed by atoms with E-state index in [1.807, 2.05) is 4.90 Å². The van der Waals surface area contributed by atoms with Crippen LogP contribution in [0.3, 0.4) is 0 Å². The van der Waals surface area contributed by atoms with E-state index >= 15 is 0 Å². The lowest BCUT2D eigenvalue weighted by Gasteiger charge is -2.36. The average Bonchev–Trinajstić information content (AvgIpc) is 3.11. The van der Waals surface area contributed by atoms with E-state index in [4.69, 9.17) is 4.42 Å². The van der Waals surface area contributed by atoms with Gasteiger partial charge in [-0.2, -0.15) is 0 Å². The first kappa shape index (κ1) is 16.1. The normalized spacial score (nSPS) is 20.7. The fourth-order valence-electron chi connectivity index (χ4n) is 3.23. The Hall–Kier alpha value is -1.82. The van der Waals surface area contributed by atoms with Crippen LogP contribution in [-0.4, -0.2) is 72.3 Å². The quantitative estimate of drug-likeness (QED) is 0.842. The van der Waals surface area contributed by atoms with Crippen molar-refractivity contribution >= 4 is 11.8 Å². The third-order valence-electron chi connectivity index (χ3n) is 4.89. The highest BCUT2D eigenvalue weighted by Crippen LogP contribution is 2.16. The van der Waals surface area contributed by atoms with Crippen molar-refractivity contribution in [2.24, 2.45) is 5.92 Å². The lowest BCUT2D eigenvalue weighted by Crippen LogP contribution is -2.53. The van der Waals surface area contributed by atoms with Gasteiger partial charge in [0.05, 0.1) is 12.8 Å². The van der Waals surface area contributed by atoms with Crippen molar-refractivity contribution in [3.8, 4) is 0 Å². The van der Waals surface area contributed by atoms with Crippen LogP contribution >= 0.6 is 0 Å². The molecule has 6 heteroatoms. The van der Waals surface area contributed by atoms with Gasteiger partial charge < -0.3 is 14.2 Å². The van der Waals surface area contributed by atoms with Crippen molar-refractivity contribution < 1.29 is 14.0 Å². The molecule has 3 rings (SSSR count). The molecule has 0 radical (unpaired) electrons. The molecule has 3 heterocycles. The minimum atomic E-state index is -0.0906. The van der Waals surface area contributed by atoms with Gasteiger partial charge in [0.1, 0.15) is 0 Å². The van der Waals surface area contributed by atoms with Gasteiger partial charge in [-0.25, -0.2) is 0 Å². The van der Waals surface area contributed by atoms with E-state index in [1.165, 1.54) is 19.1 Å². The van der Waals surface area contributed by atoms with E-state index in [2.05, 4.69) is 11.8 Å². The highest BCUT2D eigenvalue weighted by Gasteiger charge is 2.27. The van der Waals surface area contributed by atoms with E-state index < -0.39 is 0 Å². The Morgan fingerprint density at radius 1 is 1.09 bits per heavy atom. The van der Waals surface area contributed by atoms with E-state index in [9.17, 15) is 9.59 Å². The molecule has 0 atom stereocenters. The standard InChI is InChI=1S/C17H25N3O3/c1-14-4-6-18(7-5-14)13-16(21)19-8-10-20(11-9-19)17(22)15-3-2-12-23-15/h2-3,12,14H,4-11,13H2,1H3. The van der Waals surface area contributed by atoms with Gasteiger partial charge >= 0.3 is 0 Å². The molecule has 6 nitrogen and oxygen atoms in total. The highest BCUT2D eigenvalue weighted by molar-refractivity contribution is 5.91. The first-order valence-corrected chi connectivity index (χ1v) is 8.46. The summed E-state index contributed by atoms with van der Waals surface area (Å²) in [4.78, 5) is 30.5. The fourth-order valence-corrected chi connectivity index (χ4v) is 3.23. The first-order valence-electron chi connectivity index (χ1n) is 8.46. The zero-order valence-corrected chi connectivity index (χ0v) is 13.7. The number of piperazine rings is 1. The molecule has 2 amide bonds. The second kappa shape index (κ2) is 7.17. The third-order valence-corrected chi connectivity index (χ3v) is 4.89. The number of rotatable bonds is 3. The number of carbonyl (C=O) groups is 2. The van der Waals surface area contributed by atoms with Crippen LogP contribution in [0.2, 0.25) is 0 Å². The van der Waals surface area contributed by atoms with Crippen LogP contribution < -0.4 is 0 Å². The van der Waals surface area contributed by atoms with Crippen molar-refractivity contribution in [1.29, 1.82) is 0 Å². The molecule has 2 saturated heterocycles. The minimum absolute atomic E-state index is 0.0906. The molecule has 126 valence electrons. The number of piperidine rings is 1. The van der Waals surface area contributed by atoms with Gasteiger partial charge in [-0.05, 0) is 44.0 Å². The predicted molar refractivity (Wildman–Crippen MR) is 86.0 cm³/mol. The summed E-state index contributed by atoms with van der Waals surface area (Å²) in [5.41, 5.74) is 0. The maximum atomic E-state index is 12.4. The van der Waals surface area contributed by atoms with Crippen LogP contribution in [0.25, 0.3) is 0 Å². The summed E-state index contributed by atoms with van der Waals surface area (Å²) in [7, 11) is 0. The van der Waals surface area contributed by atoms with Crippen LogP contribution in [0.15, 0.2) is 22.8 Å². The number of hydrogen-bond donors (Lipinski definition) is 0. The molecule has 2 aliphatic rings. The second-order valence-electron chi connectivity index (χ2n) is 6.61. The number of hydrogen-bond acceptors (Lipinski definition) is 4. The Kier molecular flexibility index (Phi) is 5.00. The maximum absolute atomic E-state index is 12.4. The summed E-state index contributed by atoms with van der Waals surface area (Å²) in [6, 6.07) is 3.39. The van der Waals surface area contributed by atoms with E-state index in [0.29, 0.717) is 38.5 Å². The molecule has 2 fully saturated rings. The Bertz CT molecular complexity index is 527. The summed E-state index contributed by atoms with van der Waals surface area (Å²) in [5.74, 6) is 1.24. The summed E-state index contributed by atoms with van der Waals surface area (Å²) >= 11 is 0. The molecule has 23 heavy (non-hydrogen) atoms. The summed E-state index contributed by atoms with van der Waals surface area (Å²) in [6.45, 7) is 7.18. The number of amides is 2. The predicted octanol–water partition coefficient (Wildman–Crippen LogP) is 1.30. The number of carbonyl (C=O) groups excluding carboxylic acids is 2. The Labute approximate surface area is 137 Å². The first-order chi connectivity index (χ1) is 11.1. The zero-order chi connectivity index (χ0) is 16.2. The average molecular weight is 319 g/mol. The Morgan fingerprint density at radius 2 is 1.74 bits per heavy atom. The molecule has 0 aliphatic carbocycles. The van der Waals surface area contributed by atoms with Gasteiger partial charge in [0, 0.05) is 26.2 Å². The van der Waals surface area contributed by atoms with Gasteiger partial charge in [-0.1, -0.05) is 6.92 Å². The van der Waals surface area contributed by atoms with Crippen LogP contribution in [0.4, 0.5) is 0 Å². The zero-order valence-electron chi connectivity index (χ0n) is 13.7. The molecule has 0 aromatic carbocycles. The van der Waals surface area contributed by atoms with Crippen molar-refractivity contribution in [1.82, 2.24) is 14.7 Å². The smallest absolute Gasteiger partial charge is 0.289 e. The highest BCUT2D eigenvalue weighted by atomic mass is 16.3. The molecule has 1 aromatic rings. The molecule has 0 bridgehead atoms. The Morgan fingerprint density at radius 3 is 2.35 bits per heavy atom. The number of nitrogens with zero attached hydrogens (tertiary/aromatic N) is 3. The van der Waals surface area contributed by atoms with Crippen molar-refractivity contribution in [3.63, 3.8) is 0 Å². The number of furan rings is 1. The summed E-state index contributed by atoms with van der Waals surface area (Å²) in [6.07, 6.45) is 3.86. The molecule has 0 spiro atoms. The van der Waals surface area contributed by atoms with E-state index in [1.54, 1.807) is 17.0 Å². The molecule has 0 unspecified atom stereocenters. The van der Waals surface area contributed by atoms with Crippen LogP contribution in [-0.2, 0) is 4.79 Å². The van der Waals surface area contributed by atoms with Crippen molar-refractivity contribution in [3.05, 3.63) is 24.2 Å². The summed E-state index contributed by atoms with van der Waals surface area (Å²) in [5, 5.41) is 0. The fraction of sp³-hybridized carbons (Fsp3) is 0.647. The Balaban J connectivity index is 1.45. The van der Waals surface area contributed by atoms with Gasteiger partial charge in [0.2, 0.25) is 5.91 Å². The SMILES string of the molecule is CC1CCN(CC(=O)N2CCN(C(=O)c3ccco3)CC2)CC1. The molecule has 0 saturated carbocycles. The maximum Gasteiger partial charge on any atom is 0.289 e. The molecular formula is C17H25N3O3. The lowest BCUT2D eigenvalue weighted by atomic mass is 9.99. The molecular weight excluding hydrogens is 294 g/mol. The van der Waals surface area contributed by atoms with Crippen LogP contribution in [0, 0.1) is 5.92 Å². The van der Waals surface area contributed by atoms with Crippen molar-refractivity contribution in [2.75, 3.05) is 45.8 Å². The third kappa shape index (κ3) is 3.93.